The number of hydrogen-bond donors (Lipinski definition) is 0. The summed E-state index contributed by atoms with van der Waals surface area (Å²) in [7, 11) is 0. The van der Waals surface area contributed by atoms with E-state index in [2.05, 4.69) is 55.9 Å². The largest absolute Gasteiger partial charge is 0.309 e. The average molecular weight is 448 g/mol. The molecule has 0 bridgehead atoms. The zero-order chi connectivity index (χ0) is 23.8. The third-order valence-electron chi connectivity index (χ3n) is 5.98. The highest BCUT2D eigenvalue weighted by Gasteiger charge is 2.16. The molecule has 0 N–H and O–H groups in total. The summed E-state index contributed by atoms with van der Waals surface area (Å²) in [5.74, 6) is 0. The summed E-state index contributed by atoms with van der Waals surface area (Å²) in [4.78, 5) is 13.1. The Hall–Kier alpha value is -5.33. The van der Waals surface area contributed by atoms with E-state index in [0.29, 0.717) is 5.69 Å². The topological polar surface area (TPSA) is 91.2 Å². The van der Waals surface area contributed by atoms with Crippen LogP contribution in [0.15, 0.2) is 97.3 Å². The van der Waals surface area contributed by atoms with Gasteiger partial charge in [0.05, 0.1) is 28.1 Å². The number of nitriles is 2. The molecular formula is C29H16N6. The molecule has 0 aliphatic heterocycles. The predicted molar refractivity (Wildman–Crippen MR) is 134 cm³/mol. The van der Waals surface area contributed by atoms with Crippen LogP contribution < -0.4 is 0 Å². The van der Waals surface area contributed by atoms with Crippen molar-refractivity contribution >= 4 is 21.8 Å². The molecule has 0 fully saturated rings. The SMILES string of the molecule is N#Cc1cc(-n2c3ccc(-c4ccccn4)cc3c3cc(-c4ccccn4)ccc32)cc(C#N)n1. The highest BCUT2D eigenvalue weighted by molar-refractivity contribution is 6.11. The molecule has 6 rings (SSSR count). The predicted octanol–water partition coefficient (Wildman–Crippen LogP) is 6.05. The Balaban J connectivity index is 1.69. The molecule has 35 heavy (non-hydrogen) atoms. The van der Waals surface area contributed by atoms with Crippen LogP contribution in [0.4, 0.5) is 0 Å². The van der Waals surface area contributed by atoms with Crippen LogP contribution in [0.25, 0.3) is 50.0 Å². The molecule has 0 saturated heterocycles. The minimum Gasteiger partial charge on any atom is -0.309 e. The molecule has 0 amide bonds. The first-order valence-corrected chi connectivity index (χ1v) is 11.0. The van der Waals surface area contributed by atoms with Crippen molar-refractivity contribution in [1.29, 1.82) is 10.5 Å². The van der Waals surface area contributed by atoms with Crippen LogP contribution in [0.1, 0.15) is 11.4 Å². The zero-order valence-corrected chi connectivity index (χ0v) is 18.4. The first-order chi connectivity index (χ1) is 17.2. The maximum atomic E-state index is 9.49. The quantitative estimate of drug-likeness (QED) is 0.329. The van der Waals surface area contributed by atoms with E-state index in [9.17, 15) is 10.5 Å². The summed E-state index contributed by atoms with van der Waals surface area (Å²) in [6.07, 6.45) is 3.57. The van der Waals surface area contributed by atoms with Crippen LogP contribution in [0.5, 0.6) is 0 Å². The zero-order valence-electron chi connectivity index (χ0n) is 18.4. The summed E-state index contributed by atoms with van der Waals surface area (Å²) < 4.78 is 2.07. The Bertz CT molecular complexity index is 1680. The number of aromatic nitrogens is 4. The lowest BCUT2D eigenvalue weighted by atomic mass is 10.0. The van der Waals surface area contributed by atoms with Crippen LogP contribution in [-0.2, 0) is 0 Å². The van der Waals surface area contributed by atoms with Crippen molar-refractivity contribution in [3.63, 3.8) is 0 Å². The van der Waals surface area contributed by atoms with E-state index in [4.69, 9.17) is 0 Å². The second kappa shape index (κ2) is 8.22. The van der Waals surface area contributed by atoms with Gasteiger partial charge in [-0.1, -0.05) is 24.3 Å². The number of pyridine rings is 3. The van der Waals surface area contributed by atoms with Crippen molar-refractivity contribution in [3.8, 4) is 40.3 Å². The molecule has 6 aromatic rings. The van der Waals surface area contributed by atoms with E-state index >= 15 is 0 Å². The molecule has 0 unspecified atom stereocenters. The van der Waals surface area contributed by atoms with Gasteiger partial charge in [-0.25, -0.2) is 4.98 Å². The average Bonchev–Trinajstić information content (AvgIpc) is 3.26. The van der Waals surface area contributed by atoms with Crippen molar-refractivity contribution < 1.29 is 0 Å². The van der Waals surface area contributed by atoms with Crippen LogP contribution >= 0.6 is 0 Å². The van der Waals surface area contributed by atoms with Gasteiger partial charge in [0, 0.05) is 34.3 Å². The van der Waals surface area contributed by atoms with Crippen molar-refractivity contribution in [2.45, 2.75) is 0 Å². The Labute approximate surface area is 201 Å². The number of fused-ring (bicyclic) bond motifs is 3. The van der Waals surface area contributed by atoms with E-state index in [-0.39, 0.29) is 11.4 Å². The molecular weight excluding hydrogens is 432 g/mol. The van der Waals surface area contributed by atoms with Gasteiger partial charge in [-0.15, -0.1) is 0 Å². The first-order valence-electron chi connectivity index (χ1n) is 11.0. The summed E-state index contributed by atoms with van der Waals surface area (Å²) in [6.45, 7) is 0. The van der Waals surface area contributed by atoms with Crippen molar-refractivity contribution in [1.82, 2.24) is 19.5 Å². The van der Waals surface area contributed by atoms with E-state index in [0.717, 1.165) is 44.3 Å². The van der Waals surface area contributed by atoms with Gasteiger partial charge >= 0.3 is 0 Å². The van der Waals surface area contributed by atoms with Gasteiger partial charge in [-0.2, -0.15) is 10.5 Å². The Kier molecular flexibility index (Phi) is 4.77. The minimum absolute atomic E-state index is 0.198. The third-order valence-corrected chi connectivity index (χ3v) is 5.98. The minimum atomic E-state index is 0.198. The lowest BCUT2D eigenvalue weighted by molar-refractivity contribution is 1.13. The number of benzene rings is 2. The lowest BCUT2D eigenvalue weighted by Crippen LogP contribution is -1.98. The van der Waals surface area contributed by atoms with Gasteiger partial charge in [0.25, 0.3) is 0 Å². The molecule has 4 heterocycles. The van der Waals surface area contributed by atoms with Crippen molar-refractivity contribution in [2.24, 2.45) is 0 Å². The van der Waals surface area contributed by atoms with Crippen LogP contribution in [0.3, 0.4) is 0 Å². The molecule has 0 aliphatic carbocycles. The second-order valence-electron chi connectivity index (χ2n) is 8.05. The van der Waals surface area contributed by atoms with Gasteiger partial charge in [0.1, 0.15) is 23.5 Å². The van der Waals surface area contributed by atoms with Gasteiger partial charge in [0.15, 0.2) is 0 Å². The van der Waals surface area contributed by atoms with Crippen molar-refractivity contribution in [2.75, 3.05) is 0 Å². The molecule has 0 saturated carbocycles. The summed E-state index contributed by atoms with van der Waals surface area (Å²) in [5, 5.41) is 21.0. The molecule has 0 spiro atoms. The molecule has 0 radical (unpaired) electrons. The molecule has 4 aromatic heterocycles. The maximum Gasteiger partial charge on any atom is 0.144 e. The first kappa shape index (κ1) is 20.3. The van der Waals surface area contributed by atoms with Gasteiger partial charge in [0.2, 0.25) is 0 Å². The van der Waals surface area contributed by atoms with Crippen molar-refractivity contribution in [3.05, 3.63) is 109 Å². The summed E-state index contributed by atoms with van der Waals surface area (Å²) in [6, 6.07) is 31.7. The fraction of sp³-hybridized carbons (Fsp3) is 0. The lowest BCUT2D eigenvalue weighted by Gasteiger charge is -2.09. The molecule has 6 heteroatoms. The monoisotopic (exact) mass is 448 g/mol. The molecule has 0 aliphatic rings. The van der Waals surface area contributed by atoms with E-state index < -0.39 is 0 Å². The fourth-order valence-electron chi connectivity index (χ4n) is 4.45. The maximum absolute atomic E-state index is 9.49. The van der Waals surface area contributed by atoms with E-state index in [1.807, 2.05) is 48.5 Å². The van der Waals surface area contributed by atoms with Crippen LogP contribution in [0, 0.1) is 22.7 Å². The molecule has 162 valence electrons. The second-order valence-corrected chi connectivity index (χ2v) is 8.05. The Morgan fingerprint density at radius 1 is 0.600 bits per heavy atom. The molecule has 2 aromatic carbocycles. The summed E-state index contributed by atoms with van der Waals surface area (Å²) in [5.41, 5.74) is 6.81. The Morgan fingerprint density at radius 2 is 1.11 bits per heavy atom. The molecule has 0 atom stereocenters. The van der Waals surface area contributed by atoms with Gasteiger partial charge in [-0.05, 0) is 60.7 Å². The highest BCUT2D eigenvalue weighted by Crippen LogP contribution is 2.36. The van der Waals surface area contributed by atoms with E-state index in [1.54, 1.807) is 24.5 Å². The number of nitrogens with zero attached hydrogens (tertiary/aromatic N) is 6. The highest BCUT2D eigenvalue weighted by atomic mass is 15.0. The van der Waals surface area contributed by atoms with Crippen LogP contribution in [0.2, 0.25) is 0 Å². The summed E-state index contributed by atoms with van der Waals surface area (Å²) >= 11 is 0. The van der Waals surface area contributed by atoms with Crippen LogP contribution in [-0.4, -0.2) is 19.5 Å². The number of hydrogen-bond acceptors (Lipinski definition) is 5. The fourth-order valence-corrected chi connectivity index (χ4v) is 4.45. The number of rotatable bonds is 3. The van der Waals surface area contributed by atoms with Gasteiger partial charge in [-0.3, -0.25) is 9.97 Å². The van der Waals surface area contributed by atoms with E-state index in [1.165, 1.54) is 0 Å². The Morgan fingerprint density at radius 3 is 1.54 bits per heavy atom. The third kappa shape index (κ3) is 3.47. The smallest absolute Gasteiger partial charge is 0.144 e. The normalized spacial score (nSPS) is 10.8. The molecule has 6 nitrogen and oxygen atoms in total. The van der Waals surface area contributed by atoms with Gasteiger partial charge < -0.3 is 4.57 Å². The standard InChI is InChI=1S/C29H16N6/c30-17-21-15-23(16-22(18-31)34-21)35-28-9-7-19(26-5-1-3-11-32-26)13-24(28)25-14-20(8-10-29(25)35)27-6-2-4-12-33-27/h1-16H.